The molecule has 0 saturated heterocycles. The van der Waals surface area contributed by atoms with Crippen molar-refractivity contribution in [3.8, 4) is 22.3 Å². The molecule has 0 aliphatic heterocycles. The molecule has 32 heavy (non-hydrogen) atoms. The molecule has 0 aromatic heterocycles. The fraction of sp³-hybridized carbons (Fsp3) is 0. The van der Waals surface area contributed by atoms with Crippen LogP contribution in [-0.2, 0) is 0 Å². The Morgan fingerprint density at radius 2 is 0.875 bits per heavy atom. The van der Waals surface area contributed by atoms with Gasteiger partial charge in [0.15, 0.2) is 0 Å². The van der Waals surface area contributed by atoms with E-state index in [9.17, 15) is 20.2 Å². The summed E-state index contributed by atoms with van der Waals surface area (Å²) < 4.78 is 0. The lowest BCUT2D eigenvalue weighted by atomic mass is 10.0. The second-order valence-corrected chi connectivity index (χ2v) is 8.93. The van der Waals surface area contributed by atoms with E-state index in [0.717, 1.165) is 11.1 Å². The Balaban J connectivity index is 1.77. The highest BCUT2D eigenvalue weighted by Crippen LogP contribution is 2.49. The first-order valence-corrected chi connectivity index (χ1v) is 11.7. The molecule has 8 heteroatoms. The van der Waals surface area contributed by atoms with Crippen molar-refractivity contribution in [3.05, 3.63) is 117 Å². The van der Waals surface area contributed by atoms with Crippen LogP contribution >= 0.6 is 21.6 Å². The van der Waals surface area contributed by atoms with E-state index in [-0.39, 0.29) is 21.2 Å². The lowest BCUT2D eigenvalue weighted by Gasteiger charge is -2.12. The molecule has 6 nitrogen and oxygen atoms in total. The average molecular weight is 461 g/mol. The van der Waals surface area contributed by atoms with Crippen molar-refractivity contribution in [1.82, 2.24) is 0 Å². The molecular weight excluding hydrogens is 444 g/mol. The molecule has 0 heterocycles. The minimum Gasteiger partial charge on any atom is -0.258 e. The molecule has 4 rings (SSSR count). The Bertz CT molecular complexity index is 1180. The van der Waals surface area contributed by atoms with Crippen molar-refractivity contribution < 1.29 is 9.85 Å². The SMILES string of the molecule is O=[N+]([O-])c1cccc(SSc2cccc([N+](=O)[O-])c2-c2ccccc2)c1-c1ccccc1. The van der Waals surface area contributed by atoms with Crippen molar-refractivity contribution >= 4 is 33.0 Å². The summed E-state index contributed by atoms with van der Waals surface area (Å²) in [5, 5.41) is 23.4. The van der Waals surface area contributed by atoms with Gasteiger partial charge in [0.2, 0.25) is 0 Å². The second kappa shape index (κ2) is 9.67. The number of rotatable bonds is 7. The van der Waals surface area contributed by atoms with Gasteiger partial charge in [0.1, 0.15) is 0 Å². The standard InChI is InChI=1S/C24H16N2O4S2/c27-25(28)19-13-7-15-21(23(19)17-9-3-1-4-10-17)31-32-22-16-8-14-20(26(29)30)24(22)18-11-5-2-6-12-18/h1-16H. The van der Waals surface area contributed by atoms with Gasteiger partial charge in [-0.05, 0) is 23.3 Å². The van der Waals surface area contributed by atoms with Crippen LogP contribution in [0.3, 0.4) is 0 Å². The highest BCUT2D eigenvalue weighted by Gasteiger charge is 2.22. The zero-order chi connectivity index (χ0) is 22.5. The summed E-state index contributed by atoms with van der Waals surface area (Å²) in [6, 6.07) is 28.3. The lowest BCUT2D eigenvalue weighted by Crippen LogP contribution is -1.94. The van der Waals surface area contributed by atoms with E-state index in [1.54, 1.807) is 12.1 Å². The molecule has 0 bridgehead atoms. The highest BCUT2D eigenvalue weighted by molar-refractivity contribution is 8.76. The molecule has 0 amide bonds. The molecule has 0 aliphatic carbocycles. The van der Waals surface area contributed by atoms with Crippen LogP contribution in [0, 0.1) is 20.2 Å². The number of benzene rings is 4. The molecule has 0 spiro atoms. The van der Waals surface area contributed by atoms with Crippen LogP contribution in [0.25, 0.3) is 22.3 Å². The summed E-state index contributed by atoms with van der Waals surface area (Å²) in [4.78, 5) is 24.0. The summed E-state index contributed by atoms with van der Waals surface area (Å²) in [7, 11) is 2.69. The molecule has 0 unspecified atom stereocenters. The molecular formula is C24H16N2O4S2. The third kappa shape index (κ3) is 4.51. The Morgan fingerprint density at radius 3 is 1.22 bits per heavy atom. The topological polar surface area (TPSA) is 86.3 Å². The van der Waals surface area contributed by atoms with E-state index in [1.165, 1.54) is 33.7 Å². The van der Waals surface area contributed by atoms with Gasteiger partial charge in [0, 0.05) is 21.9 Å². The number of hydrogen-bond donors (Lipinski definition) is 0. The molecule has 0 N–H and O–H groups in total. The summed E-state index contributed by atoms with van der Waals surface area (Å²) >= 11 is 0. The van der Waals surface area contributed by atoms with Crippen LogP contribution in [0.15, 0.2) is 107 Å². The summed E-state index contributed by atoms with van der Waals surface area (Å²) in [6.07, 6.45) is 0. The predicted octanol–water partition coefficient (Wildman–Crippen LogP) is 7.64. The number of nitrogens with zero attached hydrogens (tertiary/aromatic N) is 2. The average Bonchev–Trinajstić information content (AvgIpc) is 2.83. The van der Waals surface area contributed by atoms with Gasteiger partial charge in [-0.1, -0.05) is 94.4 Å². The van der Waals surface area contributed by atoms with E-state index < -0.39 is 0 Å². The minimum absolute atomic E-state index is 0.0177. The van der Waals surface area contributed by atoms with Crippen LogP contribution in [0.1, 0.15) is 0 Å². The molecule has 158 valence electrons. The van der Waals surface area contributed by atoms with Gasteiger partial charge in [-0.3, -0.25) is 20.2 Å². The zero-order valence-electron chi connectivity index (χ0n) is 16.6. The number of hydrogen-bond acceptors (Lipinski definition) is 6. The summed E-state index contributed by atoms with van der Waals surface area (Å²) in [6.45, 7) is 0. The molecule has 0 fully saturated rings. The first kappa shape index (κ1) is 21.6. The van der Waals surface area contributed by atoms with Crippen molar-refractivity contribution in [1.29, 1.82) is 0 Å². The van der Waals surface area contributed by atoms with Gasteiger partial charge < -0.3 is 0 Å². The van der Waals surface area contributed by atoms with Crippen molar-refractivity contribution in [2.45, 2.75) is 9.79 Å². The maximum atomic E-state index is 11.7. The van der Waals surface area contributed by atoms with Crippen LogP contribution in [0.2, 0.25) is 0 Å². The normalized spacial score (nSPS) is 10.6. The van der Waals surface area contributed by atoms with Crippen LogP contribution in [0.5, 0.6) is 0 Å². The van der Waals surface area contributed by atoms with Crippen molar-refractivity contribution in [2.24, 2.45) is 0 Å². The monoisotopic (exact) mass is 460 g/mol. The van der Waals surface area contributed by atoms with E-state index in [2.05, 4.69) is 0 Å². The van der Waals surface area contributed by atoms with E-state index in [1.807, 2.05) is 72.8 Å². The molecule has 4 aromatic carbocycles. The molecule has 0 atom stereocenters. The van der Waals surface area contributed by atoms with E-state index in [0.29, 0.717) is 20.9 Å². The number of nitro groups is 2. The Kier molecular flexibility index (Phi) is 6.53. The Hall–Kier alpha value is -3.62. The number of nitro benzene ring substituents is 2. The summed E-state index contributed by atoms with van der Waals surface area (Å²) in [5.74, 6) is 0. The van der Waals surface area contributed by atoms with Gasteiger partial charge in [0.25, 0.3) is 11.4 Å². The smallest absolute Gasteiger partial charge is 0.258 e. The second-order valence-electron chi connectivity index (χ2n) is 6.71. The third-order valence-corrected chi connectivity index (χ3v) is 7.20. The van der Waals surface area contributed by atoms with Gasteiger partial charge in [-0.25, -0.2) is 0 Å². The largest absolute Gasteiger partial charge is 0.278 e. The van der Waals surface area contributed by atoms with Crippen molar-refractivity contribution in [3.63, 3.8) is 0 Å². The minimum atomic E-state index is -0.389. The van der Waals surface area contributed by atoms with Gasteiger partial charge >= 0.3 is 0 Å². The third-order valence-electron chi connectivity index (χ3n) is 4.75. The van der Waals surface area contributed by atoms with Gasteiger partial charge in [0.05, 0.1) is 21.0 Å². The zero-order valence-corrected chi connectivity index (χ0v) is 18.2. The molecule has 0 radical (unpaired) electrons. The van der Waals surface area contributed by atoms with Crippen LogP contribution in [-0.4, -0.2) is 9.85 Å². The fourth-order valence-electron chi connectivity index (χ4n) is 3.36. The van der Waals surface area contributed by atoms with Crippen LogP contribution < -0.4 is 0 Å². The van der Waals surface area contributed by atoms with Crippen LogP contribution in [0.4, 0.5) is 11.4 Å². The Labute approximate surface area is 192 Å². The fourth-order valence-corrected chi connectivity index (χ4v) is 5.79. The van der Waals surface area contributed by atoms with Gasteiger partial charge in [-0.15, -0.1) is 0 Å². The molecule has 0 aliphatic rings. The quantitative estimate of drug-likeness (QED) is 0.160. The molecule has 4 aromatic rings. The lowest BCUT2D eigenvalue weighted by molar-refractivity contribution is -0.384. The maximum Gasteiger partial charge on any atom is 0.278 e. The molecule has 0 saturated carbocycles. The predicted molar refractivity (Wildman–Crippen MR) is 129 cm³/mol. The van der Waals surface area contributed by atoms with E-state index in [4.69, 9.17) is 0 Å². The van der Waals surface area contributed by atoms with Gasteiger partial charge in [-0.2, -0.15) is 0 Å². The summed E-state index contributed by atoms with van der Waals surface area (Å²) in [5.41, 5.74) is 2.58. The van der Waals surface area contributed by atoms with E-state index >= 15 is 0 Å². The first-order valence-electron chi connectivity index (χ1n) is 9.56. The first-order chi connectivity index (χ1) is 15.6. The van der Waals surface area contributed by atoms with Crippen molar-refractivity contribution in [2.75, 3.05) is 0 Å². The maximum absolute atomic E-state index is 11.7. The Morgan fingerprint density at radius 1 is 0.500 bits per heavy atom. The highest BCUT2D eigenvalue weighted by atomic mass is 33.1.